The summed E-state index contributed by atoms with van der Waals surface area (Å²) >= 11 is 5.74. The molecule has 0 N–H and O–H groups in total. The van der Waals surface area contributed by atoms with Gasteiger partial charge in [-0.25, -0.2) is 8.42 Å². The molecule has 0 aliphatic rings. The van der Waals surface area contributed by atoms with Crippen molar-refractivity contribution >= 4 is 21.4 Å². The van der Waals surface area contributed by atoms with Gasteiger partial charge in [-0.3, -0.25) is 0 Å². The first-order chi connectivity index (χ1) is 7.43. The van der Waals surface area contributed by atoms with Crippen molar-refractivity contribution in [3.63, 3.8) is 0 Å². The molecule has 0 radical (unpaired) electrons. The molecule has 16 heavy (non-hydrogen) atoms. The summed E-state index contributed by atoms with van der Waals surface area (Å²) in [4.78, 5) is 0. The minimum atomic E-state index is -3.00. The summed E-state index contributed by atoms with van der Waals surface area (Å²) in [5.74, 6) is 0.581. The van der Waals surface area contributed by atoms with E-state index in [0.717, 1.165) is 12.0 Å². The van der Waals surface area contributed by atoms with Gasteiger partial charge in [-0.1, -0.05) is 44.0 Å². The van der Waals surface area contributed by atoms with Gasteiger partial charge in [0.1, 0.15) is 0 Å². The van der Waals surface area contributed by atoms with E-state index in [9.17, 15) is 8.42 Å². The number of halogens is 1. The van der Waals surface area contributed by atoms with Crippen molar-refractivity contribution in [2.24, 2.45) is 5.92 Å². The van der Waals surface area contributed by atoms with E-state index in [1.165, 1.54) is 0 Å². The van der Waals surface area contributed by atoms with E-state index < -0.39 is 9.84 Å². The van der Waals surface area contributed by atoms with E-state index in [1.54, 1.807) is 24.3 Å². The molecule has 0 amide bonds. The van der Waals surface area contributed by atoms with E-state index in [-0.39, 0.29) is 17.4 Å². The Labute approximate surface area is 103 Å². The van der Waals surface area contributed by atoms with Crippen LogP contribution in [-0.2, 0) is 15.6 Å². The predicted octanol–water partition coefficient (Wildman–Crippen LogP) is 3.30. The Bertz CT molecular complexity index is 423. The second kappa shape index (κ2) is 5.69. The highest BCUT2D eigenvalue weighted by atomic mass is 35.5. The Morgan fingerprint density at radius 2 is 1.81 bits per heavy atom. The maximum atomic E-state index is 11.8. The van der Waals surface area contributed by atoms with Gasteiger partial charge in [0.15, 0.2) is 9.84 Å². The molecule has 0 aromatic heterocycles. The van der Waals surface area contributed by atoms with E-state index in [2.05, 4.69) is 0 Å². The van der Waals surface area contributed by atoms with Gasteiger partial charge in [-0.2, -0.15) is 0 Å². The molecule has 90 valence electrons. The number of sulfone groups is 1. The summed E-state index contributed by atoms with van der Waals surface area (Å²) in [6.45, 7) is 3.96. The lowest BCUT2D eigenvalue weighted by Crippen LogP contribution is -2.15. The van der Waals surface area contributed by atoms with Crippen LogP contribution in [0.3, 0.4) is 0 Å². The second-order valence-electron chi connectivity index (χ2n) is 4.19. The van der Waals surface area contributed by atoms with Crippen molar-refractivity contribution in [3.8, 4) is 0 Å². The summed E-state index contributed by atoms with van der Waals surface area (Å²) in [5.41, 5.74) is 0.799. The standard InChI is InChI=1S/C12H17ClO2S/c1-3-10(2)8-16(14,15)9-11-4-6-12(13)7-5-11/h4-7,10H,3,8-9H2,1-2H3. The average Bonchev–Trinajstić information content (AvgIpc) is 2.20. The predicted molar refractivity (Wildman–Crippen MR) is 68.4 cm³/mol. The van der Waals surface area contributed by atoms with Crippen LogP contribution < -0.4 is 0 Å². The van der Waals surface area contributed by atoms with E-state index in [0.29, 0.717) is 5.02 Å². The van der Waals surface area contributed by atoms with Gasteiger partial charge in [-0.15, -0.1) is 0 Å². The van der Waals surface area contributed by atoms with Gasteiger partial charge < -0.3 is 0 Å². The van der Waals surface area contributed by atoms with Crippen molar-refractivity contribution in [2.75, 3.05) is 5.75 Å². The zero-order valence-electron chi connectivity index (χ0n) is 9.61. The third-order valence-corrected chi connectivity index (χ3v) is 4.64. The van der Waals surface area contributed by atoms with Crippen molar-refractivity contribution in [2.45, 2.75) is 26.0 Å². The first-order valence-electron chi connectivity index (χ1n) is 5.38. The monoisotopic (exact) mass is 260 g/mol. The number of hydrogen-bond donors (Lipinski definition) is 0. The van der Waals surface area contributed by atoms with Crippen LogP contribution in [0, 0.1) is 5.92 Å². The molecule has 0 aliphatic carbocycles. The highest BCUT2D eigenvalue weighted by Crippen LogP contribution is 2.14. The number of rotatable bonds is 5. The lowest BCUT2D eigenvalue weighted by molar-refractivity contribution is 0.563. The van der Waals surface area contributed by atoms with Gasteiger partial charge >= 0.3 is 0 Å². The molecular weight excluding hydrogens is 244 g/mol. The lowest BCUT2D eigenvalue weighted by atomic mass is 10.2. The highest BCUT2D eigenvalue weighted by Gasteiger charge is 2.15. The molecule has 1 aromatic carbocycles. The fraction of sp³-hybridized carbons (Fsp3) is 0.500. The summed E-state index contributed by atoms with van der Waals surface area (Å²) in [6, 6.07) is 6.96. The van der Waals surface area contributed by atoms with E-state index in [4.69, 9.17) is 11.6 Å². The largest absolute Gasteiger partial charge is 0.228 e. The van der Waals surface area contributed by atoms with E-state index >= 15 is 0 Å². The lowest BCUT2D eigenvalue weighted by Gasteiger charge is -2.09. The molecule has 0 spiro atoms. The Kier molecular flexibility index (Phi) is 4.81. The minimum absolute atomic E-state index is 0.106. The molecule has 1 aromatic rings. The quantitative estimate of drug-likeness (QED) is 0.814. The van der Waals surface area contributed by atoms with Crippen molar-refractivity contribution in [3.05, 3.63) is 34.9 Å². The zero-order chi connectivity index (χ0) is 12.2. The van der Waals surface area contributed by atoms with Crippen molar-refractivity contribution < 1.29 is 8.42 Å². The summed E-state index contributed by atoms with van der Waals surface area (Å²) in [5, 5.41) is 0.628. The van der Waals surface area contributed by atoms with Crippen LogP contribution in [0.2, 0.25) is 5.02 Å². The van der Waals surface area contributed by atoms with Crippen molar-refractivity contribution in [1.29, 1.82) is 0 Å². The van der Waals surface area contributed by atoms with Gasteiger partial charge in [0.25, 0.3) is 0 Å². The molecule has 0 saturated carbocycles. The van der Waals surface area contributed by atoms with Gasteiger partial charge in [0, 0.05) is 5.02 Å². The van der Waals surface area contributed by atoms with Crippen LogP contribution in [0.15, 0.2) is 24.3 Å². The Balaban J connectivity index is 2.69. The van der Waals surface area contributed by atoms with Crippen LogP contribution in [0.25, 0.3) is 0 Å². The Morgan fingerprint density at radius 3 is 2.31 bits per heavy atom. The smallest absolute Gasteiger partial charge is 0.154 e. The number of hydrogen-bond acceptors (Lipinski definition) is 2. The maximum Gasteiger partial charge on any atom is 0.154 e. The SMILES string of the molecule is CCC(C)CS(=O)(=O)Cc1ccc(Cl)cc1. The minimum Gasteiger partial charge on any atom is -0.228 e. The first kappa shape index (κ1) is 13.5. The van der Waals surface area contributed by atoms with Gasteiger partial charge in [0.05, 0.1) is 11.5 Å². The van der Waals surface area contributed by atoms with Crippen LogP contribution in [0.4, 0.5) is 0 Å². The molecule has 1 unspecified atom stereocenters. The third kappa shape index (κ3) is 4.54. The second-order valence-corrected chi connectivity index (χ2v) is 6.74. The fourth-order valence-electron chi connectivity index (χ4n) is 1.44. The van der Waals surface area contributed by atoms with E-state index in [1.807, 2.05) is 13.8 Å². The molecule has 0 fully saturated rings. The molecule has 1 rings (SSSR count). The molecule has 1 atom stereocenters. The molecule has 0 saturated heterocycles. The molecule has 0 aliphatic heterocycles. The highest BCUT2D eigenvalue weighted by molar-refractivity contribution is 7.90. The summed E-state index contributed by atoms with van der Waals surface area (Å²) in [6.07, 6.45) is 0.889. The van der Waals surface area contributed by atoms with Gasteiger partial charge in [0.2, 0.25) is 0 Å². The topological polar surface area (TPSA) is 34.1 Å². The maximum absolute atomic E-state index is 11.8. The third-order valence-electron chi connectivity index (χ3n) is 2.54. The zero-order valence-corrected chi connectivity index (χ0v) is 11.2. The molecular formula is C12H17ClO2S. The average molecular weight is 261 g/mol. The molecule has 0 heterocycles. The molecule has 2 nitrogen and oxygen atoms in total. The summed E-state index contributed by atoms with van der Waals surface area (Å²) < 4.78 is 23.6. The molecule has 4 heteroatoms. The van der Waals surface area contributed by atoms with Crippen LogP contribution >= 0.6 is 11.6 Å². The number of benzene rings is 1. The Hall–Kier alpha value is -0.540. The fourth-order valence-corrected chi connectivity index (χ4v) is 3.49. The summed E-state index contributed by atoms with van der Waals surface area (Å²) in [7, 11) is -3.00. The van der Waals surface area contributed by atoms with Crippen LogP contribution in [0.1, 0.15) is 25.8 Å². The van der Waals surface area contributed by atoms with Gasteiger partial charge in [-0.05, 0) is 23.6 Å². The van der Waals surface area contributed by atoms with Crippen LogP contribution in [0.5, 0.6) is 0 Å². The normalized spacial score (nSPS) is 13.7. The Morgan fingerprint density at radius 1 is 1.25 bits per heavy atom. The first-order valence-corrected chi connectivity index (χ1v) is 7.57. The molecule has 0 bridgehead atoms. The van der Waals surface area contributed by atoms with Crippen molar-refractivity contribution in [1.82, 2.24) is 0 Å². The van der Waals surface area contributed by atoms with Crippen LogP contribution in [-0.4, -0.2) is 14.2 Å².